The second-order valence-electron chi connectivity index (χ2n) is 5.08. The summed E-state index contributed by atoms with van der Waals surface area (Å²) in [4.78, 5) is 22.3. The number of benzene rings is 1. The first-order chi connectivity index (χ1) is 9.97. The number of nitrogens with one attached hydrogen (secondary N) is 2. The van der Waals surface area contributed by atoms with Crippen molar-refractivity contribution in [3.63, 3.8) is 0 Å². The highest BCUT2D eigenvalue weighted by Gasteiger charge is 2.20. The first-order valence-electron chi connectivity index (χ1n) is 6.74. The number of aromatic carboxylic acids is 1. The van der Waals surface area contributed by atoms with Gasteiger partial charge in [-0.05, 0) is 24.8 Å². The van der Waals surface area contributed by atoms with Crippen LogP contribution in [0.25, 0.3) is 0 Å². The maximum Gasteiger partial charge on any atom is 0.338 e. The molecule has 2 amide bonds. The van der Waals surface area contributed by atoms with Gasteiger partial charge in [0.25, 0.3) is 0 Å². The monoisotopic (exact) mass is 298 g/mol. The van der Waals surface area contributed by atoms with Crippen molar-refractivity contribution >= 4 is 17.7 Å². The highest BCUT2D eigenvalue weighted by Crippen LogP contribution is 2.33. The molecule has 114 valence electrons. The Labute approximate surface area is 120 Å². The minimum absolute atomic E-state index is 0.367. The molecule has 0 spiro atoms. The molecule has 0 unspecified atom stereocenters. The van der Waals surface area contributed by atoms with E-state index in [4.69, 9.17) is 5.11 Å². The van der Waals surface area contributed by atoms with Gasteiger partial charge < -0.3 is 15.7 Å². The highest BCUT2D eigenvalue weighted by atomic mass is 19.1. The highest BCUT2D eigenvalue weighted by molar-refractivity contribution is 5.93. The molecule has 0 atom stereocenters. The van der Waals surface area contributed by atoms with E-state index < -0.39 is 29.2 Å². The van der Waals surface area contributed by atoms with Crippen LogP contribution in [0.4, 0.5) is 19.3 Å². The topological polar surface area (TPSA) is 78.4 Å². The number of carboxylic acid groups (broad SMARTS) is 1. The van der Waals surface area contributed by atoms with E-state index in [1.807, 2.05) is 0 Å². The van der Waals surface area contributed by atoms with E-state index in [0.717, 1.165) is 24.8 Å². The molecular formula is C14H16F2N2O3. The van der Waals surface area contributed by atoms with Crippen molar-refractivity contribution in [3.05, 3.63) is 29.3 Å². The maximum atomic E-state index is 13.5. The number of carbonyl (C=O) groups excluding carboxylic acids is 1. The number of carboxylic acids is 1. The molecule has 1 aromatic carbocycles. The second-order valence-corrected chi connectivity index (χ2v) is 5.08. The Kier molecular flexibility index (Phi) is 4.72. The fraction of sp³-hybridized carbons (Fsp3) is 0.429. The van der Waals surface area contributed by atoms with Gasteiger partial charge in [0.05, 0.1) is 11.3 Å². The van der Waals surface area contributed by atoms with Crippen LogP contribution in [0.3, 0.4) is 0 Å². The number of urea groups is 1. The van der Waals surface area contributed by atoms with Crippen LogP contribution in [0.15, 0.2) is 12.1 Å². The van der Waals surface area contributed by atoms with Gasteiger partial charge in [-0.1, -0.05) is 12.8 Å². The molecule has 1 saturated carbocycles. The second kappa shape index (κ2) is 6.51. The Morgan fingerprint density at radius 1 is 1.24 bits per heavy atom. The third kappa shape index (κ3) is 4.40. The number of carbonyl (C=O) groups is 2. The Bertz CT molecular complexity index is 559. The van der Waals surface area contributed by atoms with E-state index >= 15 is 0 Å². The first kappa shape index (κ1) is 15.2. The van der Waals surface area contributed by atoms with Crippen molar-refractivity contribution in [2.75, 3.05) is 11.9 Å². The molecule has 7 heteroatoms. The van der Waals surface area contributed by atoms with Crippen LogP contribution in [0, 0.1) is 17.6 Å². The number of rotatable bonds is 6. The van der Waals surface area contributed by atoms with Gasteiger partial charge in [0.1, 0.15) is 11.6 Å². The number of anilines is 1. The minimum Gasteiger partial charge on any atom is -0.478 e. The molecule has 3 N–H and O–H groups in total. The Morgan fingerprint density at radius 2 is 1.95 bits per heavy atom. The summed E-state index contributed by atoms with van der Waals surface area (Å²) in [5.41, 5.74) is -1.06. The van der Waals surface area contributed by atoms with E-state index in [1.165, 1.54) is 12.8 Å². The molecule has 0 saturated heterocycles. The van der Waals surface area contributed by atoms with E-state index in [1.54, 1.807) is 0 Å². The minimum atomic E-state index is -1.53. The quantitative estimate of drug-likeness (QED) is 0.706. The van der Waals surface area contributed by atoms with Gasteiger partial charge in [-0.15, -0.1) is 0 Å². The van der Waals surface area contributed by atoms with E-state index in [0.29, 0.717) is 12.6 Å². The van der Waals surface area contributed by atoms with Crippen molar-refractivity contribution in [1.29, 1.82) is 0 Å². The third-order valence-electron chi connectivity index (χ3n) is 3.31. The van der Waals surface area contributed by atoms with Crippen LogP contribution < -0.4 is 10.6 Å². The van der Waals surface area contributed by atoms with Gasteiger partial charge in [-0.25, -0.2) is 18.4 Å². The summed E-state index contributed by atoms with van der Waals surface area (Å²) in [6, 6.07) is 0.552. The van der Waals surface area contributed by atoms with Gasteiger partial charge in [0.2, 0.25) is 0 Å². The molecule has 21 heavy (non-hydrogen) atoms. The van der Waals surface area contributed by atoms with E-state index in [9.17, 15) is 18.4 Å². The fourth-order valence-electron chi connectivity index (χ4n) is 1.97. The molecule has 1 aliphatic carbocycles. The van der Waals surface area contributed by atoms with Gasteiger partial charge in [-0.3, -0.25) is 0 Å². The predicted molar refractivity (Wildman–Crippen MR) is 72.3 cm³/mol. The predicted octanol–water partition coefficient (Wildman–Crippen LogP) is 2.97. The summed E-state index contributed by atoms with van der Waals surface area (Å²) in [7, 11) is 0. The van der Waals surface area contributed by atoms with Crippen LogP contribution in [0.2, 0.25) is 0 Å². The van der Waals surface area contributed by atoms with Crippen molar-refractivity contribution in [1.82, 2.24) is 5.32 Å². The summed E-state index contributed by atoms with van der Waals surface area (Å²) >= 11 is 0. The Hall–Kier alpha value is -2.18. The molecule has 1 aliphatic rings. The summed E-state index contributed by atoms with van der Waals surface area (Å²) in [5, 5.41) is 13.5. The van der Waals surface area contributed by atoms with E-state index in [2.05, 4.69) is 10.6 Å². The molecule has 0 aromatic heterocycles. The molecule has 0 bridgehead atoms. The van der Waals surface area contributed by atoms with Crippen LogP contribution in [0.1, 0.15) is 36.0 Å². The lowest BCUT2D eigenvalue weighted by molar-refractivity contribution is 0.0692. The largest absolute Gasteiger partial charge is 0.478 e. The van der Waals surface area contributed by atoms with Gasteiger partial charge in [0, 0.05) is 12.6 Å². The molecule has 2 rings (SSSR count). The lowest BCUT2D eigenvalue weighted by Crippen LogP contribution is -2.30. The molecule has 1 fully saturated rings. The normalized spacial score (nSPS) is 13.8. The van der Waals surface area contributed by atoms with Crippen LogP contribution in [0.5, 0.6) is 0 Å². The van der Waals surface area contributed by atoms with Gasteiger partial charge in [-0.2, -0.15) is 0 Å². The number of amides is 2. The van der Waals surface area contributed by atoms with Crippen molar-refractivity contribution < 1.29 is 23.5 Å². The average molecular weight is 298 g/mol. The SMILES string of the molecule is O=C(NCCCC1CC1)Nc1cc(C(=O)O)c(F)cc1F. The summed E-state index contributed by atoms with van der Waals surface area (Å²) in [6.45, 7) is 0.455. The molecule has 1 aromatic rings. The average Bonchev–Trinajstić information content (AvgIpc) is 3.21. The first-order valence-corrected chi connectivity index (χ1v) is 6.74. The van der Waals surface area contributed by atoms with Gasteiger partial charge in [0.15, 0.2) is 0 Å². The van der Waals surface area contributed by atoms with Crippen LogP contribution >= 0.6 is 0 Å². The lowest BCUT2D eigenvalue weighted by Gasteiger charge is -2.09. The number of halogens is 2. The zero-order chi connectivity index (χ0) is 15.4. The smallest absolute Gasteiger partial charge is 0.338 e. The van der Waals surface area contributed by atoms with Crippen LogP contribution in [-0.4, -0.2) is 23.7 Å². The Morgan fingerprint density at radius 3 is 2.57 bits per heavy atom. The zero-order valence-electron chi connectivity index (χ0n) is 11.3. The summed E-state index contributed by atoms with van der Waals surface area (Å²) < 4.78 is 26.7. The summed E-state index contributed by atoms with van der Waals surface area (Å²) in [5.74, 6) is -2.97. The molecule has 0 radical (unpaired) electrons. The van der Waals surface area contributed by atoms with E-state index in [-0.39, 0.29) is 5.69 Å². The van der Waals surface area contributed by atoms with Crippen LogP contribution in [-0.2, 0) is 0 Å². The number of hydrogen-bond donors (Lipinski definition) is 3. The third-order valence-corrected chi connectivity index (χ3v) is 3.31. The molecule has 0 heterocycles. The molecule has 5 nitrogen and oxygen atoms in total. The lowest BCUT2D eigenvalue weighted by atomic mass is 10.2. The molecule has 0 aliphatic heterocycles. The van der Waals surface area contributed by atoms with Crippen molar-refractivity contribution in [2.45, 2.75) is 25.7 Å². The number of hydrogen-bond acceptors (Lipinski definition) is 2. The Balaban J connectivity index is 1.89. The fourth-order valence-corrected chi connectivity index (χ4v) is 1.97. The van der Waals surface area contributed by atoms with Gasteiger partial charge >= 0.3 is 12.0 Å². The maximum absolute atomic E-state index is 13.5. The zero-order valence-corrected chi connectivity index (χ0v) is 11.3. The summed E-state index contributed by atoms with van der Waals surface area (Å²) in [6.07, 6.45) is 4.37. The standard InChI is InChI=1S/C14H16F2N2O3/c15-10-7-11(16)12(6-9(10)13(19)20)18-14(21)17-5-1-2-8-3-4-8/h6-8H,1-5H2,(H,19,20)(H2,17,18,21). The van der Waals surface area contributed by atoms with Crippen molar-refractivity contribution in [2.24, 2.45) is 5.92 Å². The molecular weight excluding hydrogens is 282 g/mol. The van der Waals surface area contributed by atoms with Crippen molar-refractivity contribution in [3.8, 4) is 0 Å².